The summed E-state index contributed by atoms with van der Waals surface area (Å²) in [6.45, 7) is 4.83. The van der Waals surface area contributed by atoms with Crippen LogP contribution in [0, 0.1) is 5.92 Å². The predicted molar refractivity (Wildman–Crippen MR) is 68.7 cm³/mol. The van der Waals surface area contributed by atoms with Crippen LogP contribution in [0.1, 0.15) is 25.0 Å². The lowest BCUT2D eigenvalue weighted by Crippen LogP contribution is -2.16. The molecule has 0 saturated carbocycles. The second-order valence-electron chi connectivity index (χ2n) is 4.21. The summed E-state index contributed by atoms with van der Waals surface area (Å²) in [5, 5.41) is 0. The molecular formula is C14H21NO2. The maximum Gasteiger partial charge on any atom is 0.308 e. The summed E-state index contributed by atoms with van der Waals surface area (Å²) in [7, 11) is 0. The summed E-state index contributed by atoms with van der Waals surface area (Å²) in [6, 6.07) is 8.25. The highest BCUT2D eigenvalue weighted by atomic mass is 16.5. The van der Waals surface area contributed by atoms with Crippen LogP contribution < -0.4 is 5.73 Å². The first-order valence-electron chi connectivity index (χ1n) is 6.12. The van der Waals surface area contributed by atoms with Gasteiger partial charge in [-0.05, 0) is 37.4 Å². The molecule has 1 atom stereocenters. The van der Waals surface area contributed by atoms with E-state index < -0.39 is 0 Å². The van der Waals surface area contributed by atoms with E-state index in [4.69, 9.17) is 10.5 Å². The van der Waals surface area contributed by atoms with Gasteiger partial charge in [-0.1, -0.05) is 31.2 Å². The second-order valence-corrected chi connectivity index (χ2v) is 4.21. The molecule has 0 aliphatic carbocycles. The molecule has 0 bridgehead atoms. The normalized spacial score (nSPS) is 12.2. The Kier molecular flexibility index (Phi) is 5.70. The van der Waals surface area contributed by atoms with Crippen molar-refractivity contribution in [2.45, 2.75) is 26.7 Å². The van der Waals surface area contributed by atoms with Gasteiger partial charge in [0, 0.05) is 0 Å². The molecule has 0 aliphatic rings. The van der Waals surface area contributed by atoms with Gasteiger partial charge in [0.1, 0.15) is 0 Å². The second kappa shape index (κ2) is 7.07. The Hall–Kier alpha value is -1.35. The quantitative estimate of drug-likeness (QED) is 0.766. The Bertz CT molecular complexity index is 346. The van der Waals surface area contributed by atoms with E-state index >= 15 is 0 Å². The molecule has 2 N–H and O–H groups in total. The van der Waals surface area contributed by atoms with Gasteiger partial charge < -0.3 is 10.5 Å². The van der Waals surface area contributed by atoms with Gasteiger partial charge in [0.2, 0.25) is 0 Å². The number of rotatable bonds is 6. The molecule has 0 spiro atoms. The SMILES string of the molecule is CCOC(=O)C(C)Cc1ccc(CCN)cc1. The van der Waals surface area contributed by atoms with Gasteiger partial charge >= 0.3 is 5.97 Å². The average molecular weight is 235 g/mol. The molecule has 0 fully saturated rings. The third kappa shape index (κ3) is 4.57. The molecule has 0 amide bonds. The van der Waals surface area contributed by atoms with E-state index in [0.717, 1.165) is 18.4 Å². The Labute approximate surface area is 103 Å². The molecule has 0 aromatic heterocycles. The lowest BCUT2D eigenvalue weighted by atomic mass is 9.99. The van der Waals surface area contributed by atoms with Crippen molar-refractivity contribution in [1.82, 2.24) is 0 Å². The highest BCUT2D eigenvalue weighted by Crippen LogP contribution is 2.11. The first-order chi connectivity index (χ1) is 8.17. The van der Waals surface area contributed by atoms with Crippen LogP contribution in [0.25, 0.3) is 0 Å². The van der Waals surface area contributed by atoms with Crippen LogP contribution in [-0.4, -0.2) is 19.1 Å². The Morgan fingerprint density at radius 1 is 1.29 bits per heavy atom. The molecule has 3 nitrogen and oxygen atoms in total. The van der Waals surface area contributed by atoms with E-state index in [1.807, 2.05) is 13.8 Å². The van der Waals surface area contributed by atoms with E-state index in [2.05, 4.69) is 24.3 Å². The van der Waals surface area contributed by atoms with Crippen LogP contribution in [0.4, 0.5) is 0 Å². The minimum atomic E-state index is -0.126. The number of hydrogen-bond acceptors (Lipinski definition) is 3. The van der Waals surface area contributed by atoms with Crippen molar-refractivity contribution in [2.75, 3.05) is 13.2 Å². The van der Waals surface area contributed by atoms with Crippen LogP contribution in [0.15, 0.2) is 24.3 Å². The summed E-state index contributed by atoms with van der Waals surface area (Å²) >= 11 is 0. The van der Waals surface area contributed by atoms with Crippen LogP contribution in [-0.2, 0) is 22.4 Å². The Balaban J connectivity index is 2.53. The number of carbonyl (C=O) groups is 1. The van der Waals surface area contributed by atoms with Crippen molar-refractivity contribution < 1.29 is 9.53 Å². The van der Waals surface area contributed by atoms with E-state index in [0.29, 0.717) is 13.2 Å². The molecular weight excluding hydrogens is 214 g/mol. The van der Waals surface area contributed by atoms with Crippen molar-refractivity contribution >= 4 is 5.97 Å². The van der Waals surface area contributed by atoms with Crippen molar-refractivity contribution in [2.24, 2.45) is 11.7 Å². The predicted octanol–water partition coefficient (Wildman–Crippen LogP) is 1.93. The van der Waals surface area contributed by atoms with Gasteiger partial charge in [0.15, 0.2) is 0 Å². The smallest absolute Gasteiger partial charge is 0.308 e. The lowest BCUT2D eigenvalue weighted by molar-refractivity contribution is -0.147. The first-order valence-corrected chi connectivity index (χ1v) is 6.12. The van der Waals surface area contributed by atoms with Gasteiger partial charge in [0.25, 0.3) is 0 Å². The molecule has 0 radical (unpaired) electrons. The number of esters is 1. The summed E-state index contributed by atoms with van der Waals surface area (Å²) in [6.07, 6.45) is 1.62. The van der Waals surface area contributed by atoms with E-state index in [1.165, 1.54) is 5.56 Å². The average Bonchev–Trinajstić information content (AvgIpc) is 2.32. The standard InChI is InChI=1S/C14H21NO2/c1-3-17-14(16)11(2)10-13-6-4-12(5-7-13)8-9-15/h4-7,11H,3,8-10,15H2,1-2H3. The zero-order valence-corrected chi connectivity index (χ0v) is 10.6. The fourth-order valence-electron chi connectivity index (χ4n) is 1.73. The number of nitrogens with two attached hydrogens (primary N) is 1. The fraction of sp³-hybridized carbons (Fsp3) is 0.500. The molecule has 0 saturated heterocycles. The van der Waals surface area contributed by atoms with Gasteiger partial charge in [-0.2, -0.15) is 0 Å². The van der Waals surface area contributed by atoms with Gasteiger partial charge in [-0.25, -0.2) is 0 Å². The van der Waals surface area contributed by atoms with Crippen LogP contribution in [0.5, 0.6) is 0 Å². The largest absolute Gasteiger partial charge is 0.466 e. The number of ether oxygens (including phenoxy) is 1. The topological polar surface area (TPSA) is 52.3 Å². The maximum atomic E-state index is 11.5. The van der Waals surface area contributed by atoms with Crippen LogP contribution in [0.3, 0.4) is 0 Å². The zero-order chi connectivity index (χ0) is 12.7. The molecule has 0 heterocycles. The lowest BCUT2D eigenvalue weighted by Gasteiger charge is -2.10. The third-order valence-electron chi connectivity index (χ3n) is 2.69. The molecule has 1 rings (SSSR count). The Morgan fingerprint density at radius 3 is 2.41 bits per heavy atom. The minimum absolute atomic E-state index is 0.0877. The number of carbonyl (C=O) groups excluding carboxylic acids is 1. The molecule has 1 aromatic rings. The molecule has 1 unspecified atom stereocenters. The highest BCUT2D eigenvalue weighted by Gasteiger charge is 2.14. The molecule has 3 heteroatoms. The monoisotopic (exact) mass is 235 g/mol. The van der Waals surface area contributed by atoms with Crippen molar-refractivity contribution in [3.05, 3.63) is 35.4 Å². The molecule has 0 aliphatic heterocycles. The summed E-state index contributed by atoms with van der Waals surface area (Å²) < 4.78 is 4.98. The van der Waals surface area contributed by atoms with Crippen LogP contribution in [0.2, 0.25) is 0 Å². The van der Waals surface area contributed by atoms with Gasteiger partial charge in [-0.15, -0.1) is 0 Å². The zero-order valence-electron chi connectivity index (χ0n) is 10.6. The van der Waals surface area contributed by atoms with Crippen molar-refractivity contribution in [1.29, 1.82) is 0 Å². The number of benzene rings is 1. The minimum Gasteiger partial charge on any atom is -0.466 e. The van der Waals surface area contributed by atoms with E-state index in [-0.39, 0.29) is 11.9 Å². The van der Waals surface area contributed by atoms with Crippen LogP contribution >= 0.6 is 0 Å². The summed E-state index contributed by atoms with van der Waals surface area (Å²) in [5.74, 6) is -0.214. The summed E-state index contributed by atoms with van der Waals surface area (Å²) in [4.78, 5) is 11.5. The van der Waals surface area contributed by atoms with E-state index in [9.17, 15) is 4.79 Å². The first kappa shape index (κ1) is 13.7. The highest BCUT2D eigenvalue weighted by molar-refractivity contribution is 5.72. The van der Waals surface area contributed by atoms with Crippen molar-refractivity contribution in [3.8, 4) is 0 Å². The number of hydrogen-bond donors (Lipinski definition) is 1. The van der Waals surface area contributed by atoms with Gasteiger partial charge in [-0.3, -0.25) is 4.79 Å². The summed E-state index contributed by atoms with van der Waals surface area (Å²) in [5.41, 5.74) is 7.89. The van der Waals surface area contributed by atoms with Crippen molar-refractivity contribution in [3.63, 3.8) is 0 Å². The molecule has 94 valence electrons. The van der Waals surface area contributed by atoms with Gasteiger partial charge in [0.05, 0.1) is 12.5 Å². The molecule has 17 heavy (non-hydrogen) atoms. The Morgan fingerprint density at radius 2 is 1.88 bits per heavy atom. The fourth-order valence-corrected chi connectivity index (χ4v) is 1.73. The third-order valence-corrected chi connectivity index (χ3v) is 2.69. The maximum absolute atomic E-state index is 11.5. The molecule has 1 aromatic carbocycles. The van der Waals surface area contributed by atoms with E-state index in [1.54, 1.807) is 0 Å².